The molecule has 132 valence electrons. The number of carbonyl (C=O) groups excluding carboxylic acids is 1. The molecule has 3 aromatic rings. The van der Waals surface area contributed by atoms with Crippen LogP contribution in [0.5, 0.6) is 0 Å². The Kier molecular flexibility index (Phi) is 4.31. The first-order valence-corrected chi connectivity index (χ1v) is 8.69. The number of aromatic nitrogens is 1. The van der Waals surface area contributed by atoms with Crippen LogP contribution in [0.1, 0.15) is 28.6 Å². The molecule has 1 amide bonds. The van der Waals surface area contributed by atoms with Crippen LogP contribution in [-0.2, 0) is 17.6 Å². The first kappa shape index (κ1) is 16.5. The van der Waals surface area contributed by atoms with Crippen LogP contribution in [0.15, 0.2) is 59.0 Å². The molecule has 5 nitrogen and oxygen atoms in total. The Morgan fingerprint density at radius 1 is 1.19 bits per heavy atom. The maximum Gasteiger partial charge on any atom is 0.226 e. The number of benzene rings is 2. The van der Waals surface area contributed by atoms with Crippen molar-refractivity contribution in [3.05, 3.63) is 77.2 Å². The summed E-state index contributed by atoms with van der Waals surface area (Å²) in [6.45, 7) is 1.81. The van der Waals surface area contributed by atoms with E-state index in [4.69, 9.17) is 4.42 Å². The normalized spacial score (nSPS) is 18.5. The number of aliphatic hydroxyl groups excluding tert-OH is 1. The van der Waals surface area contributed by atoms with Gasteiger partial charge < -0.3 is 14.8 Å². The molecule has 2 aromatic carbocycles. The lowest BCUT2D eigenvalue weighted by Crippen LogP contribution is -2.35. The second-order valence-corrected chi connectivity index (χ2v) is 6.58. The SMILES string of the molecule is Cc1oc(-c2ccccc2)nc1CC(=O)N[C@@H]1c2ccccc2C[C@@H]1O. The lowest BCUT2D eigenvalue weighted by Gasteiger charge is -2.17. The second kappa shape index (κ2) is 6.77. The monoisotopic (exact) mass is 348 g/mol. The summed E-state index contributed by atoms with van der Waals surface area (Å²) >= 11 is 0. The maximum absolute atomic E-state index is 12.5. The van der Waals surface area contributed by atoms with Crippen LogP contribution < -0.4 is 5.32 Å². The Morgan fingerprint density at radius 3 is 2.73 bits per heavy atom. The van der Waals surface area contributed by atoms with Crippen LogP contribution in [0.2, 0.25) is 0 Å². The van der Waals surface area contributed by atoms with Crippen LogP contribution >= 0.6 is 0 Å². The first-order valence-electron chi connectivity index (χ1n) is 8.69. The summed E-state index contributed by atoms with van der Waals surface area (Å²) in [5.74, 6) is 0.963. The van der Waals surface area contributed by atoms with E-state index in [0.29, 0.717) is 23.8 Å². The van der Waals surface area contributed by atoms with Gasteiger partial charge in [0.2, 0.25) is 11.8 Å². The van der Waals surface area contributed by atoms with Gasteiger partial charge in [-0.05, 0) is 30.2 Å². The molecule has 0 fully saturated rings. The number of amides is 1. The highest BCUT2D eigenvalue weighted by molar-refractivity contribution is 5.79. The van der Waals surface area contributed by atoms with E-state index >= 15 is 0 Å². The van der Waals surface area contributed by atoms with Gasteiger partial charge in [-0.15, -0.1) is 0 Å². The smallest absolute Gasteiger partial charge is 0.226 e. The van der Waals surface area contributed by atoms with E-state index in [1.54, 1.807) is 0 Å². The van der Waals surface area contributed by atoms with E-state index in [-0.39, 0.29) is 18.4 Å². The standard InChI is InChI=1S/C21H20N2O3/c1-13-17(22-21(26-13)14-7-3-2-4-8-14)12-19(25)23-20-16-10-6-5-9-15(16)11-18(20)24/h2-10,18,20,24H,11-12H2,1H3,(H,23,25)/t18-,20+/m0/s1. The van der Waals surface area contributed by atoms with E-state index in [1.807, 2.05) is 61.5 Å². The van der Waals surface area contributed by atoms with Crippen molar-refractivity contribution in [3.63, 3.8) is 0 Å². The average Bonchev–Trinajstić information content (AvgIpc) is 3.16. The van der Waals surface area contributed by atoms with Crippen molar-refractivity contribution in [1.82, 2.24) is 10.3 Å². The first-order chi connectivity index (χ1) is 12.6. The maximum atomic E-state index is 12.5. The average molecular weight is 348 g/mol. The zero-order chi connectivity index (χ0) is 18.1. The van der Waals surface area contributed by atoms with Crippen LogP contribution in [0.4, 0.5) is 0 Å². The third-order valence-electron chi connectivity index (χ3n) is 4.76. The van der Waals surface area contributed by atoms with E-state index < -0.39 is 6.10 Å². The molecule has 4 rings (SSSR count). The Balaban J connectivity index is 1.48. The molecule has 2 N–H and O–H groups in total. The molecule has 0 bridgehead atoms. The molecule has 1 aromatic heterocycles. The summed E-state index contributed by atoms with van der Waals surface area (Å²) < 4.78 is 5.71. The molecule has 0 saturated heterocycles. The van der Waals surface area contributed by atoms with Gasteiger partial charge in [0, 0.05) is 12.0 Å². The summed E-state index contributed by atoms with van der Waals surface area (Å²) in [7, 11) is 0. The zero-order valence-corrected chi connectivity index (χ0v) is 14.5. The number of hydrogen-bond acceptors (Lipinski definition) is 4. The van der Waals surface area contributed by atoms with Gasteiger partial charge in [-0.2, -0.15) is 0 Å². The van der Waals surface area contributed by atoms with E-state index in [9.17, 15) is 9.90 Å². The Morgan fingerprint density at radius 2 is 1.92 bits per heavy atom. The van der Waals surface area contributed by atoms with Crippen LogP contribution in [0.3, 0.4) is 0 Å². The van der Waals surface area contributed by atoms with Crippen molar-refractivity contribution >= 4 is 5.91 Å². The van der Waals surface area contributed by atoms with Crippen molar-refractivity contribution in [2.45, 2.75) is 31.9 Å². The van der Waals surface area contributed by atoms with Crippen LogP contribution in [-0.4, -0.2) is 22.1 Å². The second-order valence-electron chi connectivity index (χ2n) is 6.58. The lowest BCUT2D eigenvalue weighted by molar-refractivity contribution is -0.122. The molecule has 2 atom stereocenters. The predicted octanol–water partition coefficient (Wildman–Crippen LogP) is 2.97. The Labute approximate surface area is 151 Å². The third kappa shape index (κ3) is 3.13. The predicted molar refractivity (Wildman–Crippen MR) is 97.4 cm³/mol. The molecule has 26 heavy (non-hydrogen) atoms. The summed E-state index contributed by atoms with van der Waals surface area (Å²) in [5, 5.41) is 13.2. The van der Waals surface area contributed by atoms with Gasteiger partial charge >= 0.3 is 0 Å². The summed E-state index contributed by atoms with van der Waals surface area (Å²) in [6.07, 6.45) is 0.0742. The minimum absolute atomic E-state index is 0.119. The van der Waals surface area contributed by atoms with Crippen molar-refractivity contribution in [2.24, 2.45) is 0 Å². The number of hydrogen-bond donors (Lipinski definition) is 2. The molecule has 0 saturated carbocycles. The number of fused-ring (bicyclic) bond motifs is 1. The number of oxazole rings is 1. The van der Waals surface area contributed by atoms with Gasteiger partial charge in [-0.1, -0.05) is 42.5 Å². The molecular weight excluding hydrogens is 328 g/mol. The number of nitrogens with zero attached hydrogens (tertiary/aromatic N) is 1. The molecule has 5 heteroatoms. The van der Waals surface area contributed by atoms with Gasteiger partial charge in [0.05, 0.1) is 24.3 Å². The fraction of sp³-hybridized carbons (Fsp3) is 0.238. The minimum atomic E-state index is -0.602. The van der Waals surface area contributed by atoms with Gasteiger partial charge in [0.15, 0.2) is 0 Å². The topological polar surface area (TPSA) is 75.4 Å². The number of aliphatic hydroxyl groups is 1. The van der Waals surface area contributed by atoms with E-state index in [0.717, 1.165) is 16.7 Å². The summed E-state index contributed by atoms with van der Waals surface area (Å²) in [5.41, 5.74) is 3.55. The van der Waals surface area contributed by atoms with Crippen molar-refractivity contribution in [2.75, 3.05) is 0 Å². The zero-order valence-electron chi connectivity index (χ0n) is 14.5. The molecule has 1 heterocycles. The molecule has 0 aliphatic heterocycles. The number of rotatable bonds is 4. The van der Waals surface area contributed by atoms with Crippen LogP contribution in [0, 0.1) is 6.92 Å². The molecule has 0 radical (unpaired) electrons. The van der Waals surface area contributed by atoms with Gasteiger partial charge in [-0.3, -0.25) is 4.79 Å². The summed E-state index contributed by atoms with van der Waals surface area (Å²) in [4.78, 5) is 17.0. The highest BCUT2D eigenvalue weighted by Crippen LogP contribution is 2.31. The van der Waals surface area contributed by atoms with Gasteiger partial charge in [-0.25, -0.2) is 4.98 Å². The van der Waals surface area contributed by atoms with Crippen molar-refractivity contribution in [3.8, 4) is 11.5 Å². The van der Waals surface area contributed by atoms with Crippen molar-refractivity contribution in [1.29, 1.82) is 0 Å². The third-order valence-corrected chi connectivity index (χ3v) is 4.76. The lowest BCUT2D eigenvalue weighted by atomic mass is 10.1. The quantitative estimate of drug-likeness (QED) is 0.760. The molecular formula is C21H20N2O3. The number of aryl methyl sites for hydroxylation is 1. The number of carbonyl (C=O) groups is 1. The molecule has 0 spiro atoms. The summed E-state index contributed by atoms with van der Waals surface area (Å²) in [6, 6.07) is 17.0. The van der Waals surface area contributed by atoms with Crippen molar-refractivity contribution < 1.29 is 14.3 Å². The molecule has 1 aliphatic rings. The molecule has 1 aliphatic carbocycles. The largest absolute Gasteiger partial charge is 0.441 e. The Hall–Kier alpha value is -2.92. The van der Waals surface area contributed by atoms with Gasteiger partial charge in [0.25, 0.3) is 0 Å². The fourth-order valence-electron chi connectivity index (χ4n) is 3.42. The van der Waals surface area contributed by atoms with E-state index in [2.05, 4.69) is 10.3 Å². The highest BCUT2D eigenvalue weighted by atomic mass is 16.4. The highest BCUT2D eigenvalue weighted by Gasteiger charge is 2.32. The number of nitrogens with one attached hydrogen (secondary N) is 1. The van der Waals surface area contributed by atoms with Crippen LogP contribution in [0.25, 0.3) is 11.5 Å². The fourth-order valence-corrected chi connectivity index (χ4v) is 3.42. The Bertz CT molecular complexity index is 933. The van der Waals surface area contributed by atoms with E-state index in [1.165, 1.54) is 0 Å². The minimum Gasteiger partial charge on any atom is -0.441 e. The molecule has 0 unspecified atom stereocenters. The van der Waals surface area contributed by atoms with Gasteiger partial charge in [0.1, 0.15) is 5.76 Å².